The van der Waals surface area contributed by atoms with Crippen LogP contribution in [0.2, 0.25) is 5.28 Å². The molecule has 0 aliphatic carbocycles. The minimum atomic E-state index is 0.186. The van der Waals surface area contributed by atoms with Gasteiger partial charge in [0, 0.05) is 26.7 Å². The van der Waals surface area contributed by atoms with Crippen molar-refractivity contribution in [2.45, 2.75) is 38.3 Å². The molecular formula is C13H20ClN5O. The fourth-order valence-electron chi connectivity index (χ4n) is 2.92. The van der Waals surface area contributed by atoms with Crippen molar-refractivity contribution in [3.63, 3.8) is 0 Å². The number of rotatable bonds is 3. The summed E-state index contributed by atoms with van der Waals surface area (Å²) in [5.41, 5.74) is 0. The Morgan fingerprint density at radius 2 is 2.00 bits per heavy atom. The molecule has 1 aromatic heterocycles. The lowest BCUT2D eigenvalue weighted by Gasteiger charge is -2.27. The number of aromatic nitrogens is 3. The van der Waals surface area contributed by atoms with Crippen LogP contribution in [0, 0.1) is 0 Å². The topological polar surface area (TPSA) is 54.4 Å². The Kier molecular flexibility index (Phi) is 3.94. The predicted octanol–water partition coefficient (Wildman–Crippen LogP) is 1.74. The van der Waals surface area contributed by atoms with Crippen LogP contribution in [0.15, 0.2) is 0 Å². The van der Waals surface area contributed by atoms with Crippen LogP contribution in [-0.4, -0.2) is 53.8 Å². The van der Waals surface area contributed by atoms with E-state index in [1.165, 1.54) is 12.8 Å². The number of ether oxygens (including phenoxy) is 1. The molecule has 0 bridgehead atoms. The molecule has 3 heterocycles. The third-order valence-electron chi connectivity index (χ3n) is 4.12. The Morgan fingerprint density at radius 3 is 2.65 bits per heavy atom. The molecule has 0 radical (unpaired) electrons. The maximum atomic E-state index is 6.07. The van der Waals surface area contributed by atoms with Crippen LogP contribution in [0.3, 0.4) is 0 Å². The van der Waals surface area contributed by atoms with Gasteiger partial charge in [-0.2, -0.15) is 15.0 Å². The van der Waals surface area contributed by atoms with E-state index in [1.807, 2.05) is 7.05 Å². The second kappa shape index (κ2) is 5.69. The van der Waals surface area contributed by atoms with Crippen LogP contribution in [0.25, 0.3) is 0 Å². The van der Waals surface area contributed by atoms with Crippen molar-refractivity contribution in [1.82, 2.24) is 15.0 Å². The largest absolute Gasteiger partial charge is 0.376 e. The van der Waals surface area contributed by atoms with Gasteiger partial charge in [-0.3, -0.25) is 0 Å². The summed E-state index contributed by atoms with van der Waals surface area (Å²) in [5, 5.41) is 0.260. The molecule has 0 aromatic carbocycles. The molecule has 2 unspecified atom stereocenters. The van der Waals surface area contributed by atoms with Gasteiger partial charge in [-0.15, -0.1) is 0 Å². The fourth-order valence-corrected chi connectivity index (χ4v) is 3.07. The number of anilines is 2. The Labute approximate surface area is 124 Å². The van der Waals surface area contributed by atoms with Crippen molar-refractivity contribution in [3.05, 3.63) is 5.28 Å². The van der Waals surface area contributed by atoms with Gasteiger partial charge >= 0.3 is 0 Å². The SMILES string of the molecule is CC1OCCC1N(C)c1nc(Cl)nc(N2CCCC2)n1. The summed E-state index contributed by atoms with van der Waals surface area (Å²) < 4.78 is 5.61. The predicted molar refractivity (Wildman–Crippen MR) is 78.5 cm³/mol. The Morgan fingerprint density at radius 1 is 1.25 bits per heavy atom. The first-order chi connectivity index (χ1) is 9.65. The lowest BCUT2D eigenvalue weighted by Crippen LogP contribution is -2.38. The van der Waals surface area contributed by atoms with E-state index in [0.717, 1.165) is 26.1 Å². The van der Waals surface area contributed by atoms with E-state index in [4.69, 9.17) is 16.3 Å². The van der Waals surface area contributed by atoms with Crippen LogP contribution < -0.4 is 9.80 Å². The minimum Gasteiger partial charge on any atom is -0.376 e. The van der Waals surface area contributed by atoms with E-state index < -0.39 is 0 Å². The normalized spacial score (nSPS) is 26.2. The van der Waals surface area contributed by atoms with E-state index in [0.29, 0.717) is 17.9 Å². The summed E-state index contributed by atoms with van der Waals surface area (Å²) >= 11 is 6.07. The molecule has 0 N–H and O–H groups in total. The fraction of sp³-hybridized carbons (Fsp3) is 0.769. The van der Waals surface area contributed by atoms with Crippen LogP contribution in [0.1, 0.15) is 26.2 Å². The molecule has 2 fully saturated rings. The van der Waals surface area contributed by atoms with Gasteiger partial charge < -0.3 is 14.5 Å². The van der Waals surface area contributed by atoms with Gasteiger partial charge in [-0.1, -0.05) is 0 Å². The number of halogens is 1. The summed E-state index contributed by atoms with van der Waals surface area (Å²) in [6, 6.07) is 0.292. The molecular weight excluding hydrogens is 278 g/mol. The molecule has 0 amide bonds. The van der Waals surface area contributed by atoms with Gasteiger partial charge in [-0.25, -0.2) is 0 Å². The summed E-state index contributed by atoms with van der Waals surface area (Å²) in [7, 11) is 2.00. The van der Waals surface area contributed by atoms with Crippen LogP contribution in [0.4, 0.5) is 11.9 Å². The Hall–Kier alpha value is -1.14. The maximum Gasteiger partial charge on any atom is 0.231 e. The van der Waals surface area contributed by atoms with Gasteiger partial charge in [-0.05, 0) is 37.8 Å². The van der Waals surface area contributed by atoms with E-state index in [-0.39, 0.29) is 11.4 Å². The zero-order valence-corrected chi connectivity index (χ0v) is 12.7. The lowest BCUT2D eigenvalue weighted by atomic mass is 10.1. The zero-order chi connectivity index (χ0) is 14.1. The van der Waals surface area contributed by atoms with Crippen molar-refractivity contribution >= 4 is 23.5 Å². The van der Waals surface area contributed by atoms with Gasteiger partial charge in [0.25, 0.3) is 0 Å². The molecule has 3 rings (SSSR count). The number of nitrogens with zero attached hydrogens (tertiary/aromatic N) is 5. The number of hydrogen-bond donors (Lipinski definition) is 0. The number of hydrogen-bond acceptors (Lipinski definition) is 6. The van der Waals surface area contributed by atoms with E-state index in [1.54, 1.807) is 0 Å². The van der Waals surface area contributed by atoms with Crippen LogP contribution in [0.5, 0.6) is 0 Å². The highest BCUT2D eigenvalue weighted by Crippen LogP contribution is 2.25. The highest BCUT2D eigenvalue weighted by molar-refractivity contribution is 6.28. The monoisotopic (exact) mass is 297 g/mol. The molecule has 110 valence electrons. The van der Waals surface area contributed by atoms with Gasteiger partial charge in [0.1, 0.15) is 0 Å². The third-order valence-corrected chi connectivity index (χ3v) is 4.29. The smallest absolute Gasteiger partial charge is 0.231 e. The van der Waals surface area contributed by atoms with E-state index in [9.17, 15) is 0 Å². The molecule has 7 heteroatoms. The van der Waals surface area contributed by atoms with Crippen LogP contribution >= 0.6 is 11.6 Å². The average Bonchev–Trinajstić information content (AvgIpc) is 3.08. The summed E-state index contributed by atoms with van der Waals surface area (Å²) in [6.07, 6.45) is 3.54. The molecule has 2 atom stereocenters. The Bertz CT molecular complexity index is 480. The lowest BCUT2D eigenvalue weighted by molar-refractivity contribution is 0.118. The average molecular weight is 298 g/mol. The standard InChI is InChI=1S/C13H20ClN5O/c1-9-10(5-8-20-9)18(2)12-15-11(14)16-13(17-12)19-6-3-4-7-19/h9-10H,3-8H2,1-2H3. The summed E-state index contributed by atoms with van der Waals surface area (Å²) in [5.74, 6) is 1.32. The van der Waals surface area contributed by atoms with Crippen molar-refractivity contribution < 1.29 is 4.74 Å². The molecule has 2 saturated heterocycles. The zero-order valence-electron chi connectivity index (χ0n) is 11.9. The highest BCUT2D eigenvalue weighted by atomic mass is 35.5. The van der Waals surface area contributed by atoms with Crippen molar-refractivity contribution in [2.24, 2.45) is 0 Å². The van der Waals surface area contributed by atoms with Gasteiger partial charge in [0.2, 0.25) is 17.2 Å². The van der Waals surface area contributed by atoms with Crippen LogP contribution in [-0.2, 0) is 4.74 Å². The molecule has 6 nitrogen and oxygen atoms in total. The first kappa shape index (κ1) is 13.8. The maximum absolute atomic E-state index is 6.07. The Balaban J connectivity index is 1.84. The summed E-state index contributed by atoms with van der Waals surface area (Å²) in [6.45, 7) is 4.85. The van der Waals surface area contributed by atoms with E-state index >= 15 is 0 Å². The molecule has 0 spiro atoms. The molecule has 2 aliphatic rings. The first-order valence-corrected chi connectivity index (χ1v) is 7.54. The quantitative estimate of drug-likeness (QED) is 0.847. The van der Waals surface area contributed by atoms with Crippen molar-refractivity contribution in [2.75, 3.05) is 36.5 Å². The second-order valence-corrected chi connectivity index (χ2v) is 5.78. The van der Waals surface area contributed by atoms with Gasteiger partial charge in [0.15, 0.2) is 0 Å². The molecule has 1 aromatic rings. The third kappa shape index (κ3) is 2.67. The molecule has 20 heavy (non-hydrogen) atoms. The second-order valence-electron chi connectivity index (χ2n) is 5.44. The first-order valence-electron chi connectivity index (χ1n) is 7.16. The molecule has 0 saturated carbocycles. The number of likely N-dealkylation sites (N-methyl/N-ethyl adjacent to an activating group) is 1. The van der Waals surface area contributed by atoms with Crippen molar-refractivity contribution in [3.8, 4) is 0 Å². The van der Waals surface area contributed by atoms with Crippen molar-refractivity contribution in [1.29, 1.82) is 0 Å². The highest BCUT2D eigenvalue weighted by Gasteiger charge is 2.30. The minimum absolute atomic E-state index is 0.186. The molecule has 2 aliphatic heterocycles. The van der Waals surface area contributed by atoms with Gasteiger partial charge in [0.05, 0.1) is 12.1 Å². The van der Waals surface area contributed by atoms with E-state index in [2.05, 4.69) is 31.7 Å². The summed E-state index contributed by atoms with van der Waals surface area (Å²) in [4.78, 5) is 17.3.